The number of hydrogen-bond acceptors (Lipinski definition) is 3. The lowest BCUT2D eigenvalue weighted by Crippen LogP contribution is -2.37. The van der Waals surface area contributed by atoms with Gasteiger partial charge in [-0.05, 0) is 48.0 Å². The molecule has 0 aliphatic rings. The zero-order chi connectivity index (χ0) is 14.5. The lowest BCUT2D eigenvalue weighted by molar-refractivity contribution is -0.119. The summed E-state index contributed by atoms with van der Waals surface area (Å²) < 4.78 is 0.964. The number of hydrogen-bond donors (Lipinski definition) is 1. The Morgan fingerprint density at radius 3 is 2.80 bits per heavy atom. The number of halogens is 1. The maximum atomic E-state index is 11.7. The summed E-state index contributed by atoms with van der Waals surface area (Å²) in [5.41, 5.74) is 0.916. The Hall–Kier alpha value is -1.62. The van der Waals surface area contributed by atoms with Gasteiger partial charge in [-0.1, -0.05) is 12.1 Å². The van der Waals surface area contributed by atoms with Gasteiger partial charge in [0.1, 0.15) is 5.82 Å². The molecule has 0 aliphatic heterocycles. The average Bonchev–Trinajstić information content (AvgIpc) is 2.45. The van der Waals surface area contributed by atoms with E-state index >= 15 is 0 Å². The molecule has 4 nitrogen and oxygen atoms in total. The first-order chi connectivity index (χ1) is 9.65. The Balaban J connectivity index is 2.30. The van der Waals surface area contributed by atoms with Crippen molar-refractivity contribution < 1.29 is 4.79 Å². The molecule has 0 saturated heterocycles. The molecule has 1 amide bonds. The van der Waals surface area contributed by atoms with Crippen LogP contribution in [0.25, 0.3) is 10.9 Å². The van der Waals surface area contributed by atoms with Crippen LogP contribution in [0.15, 0.2) is 34.8 Å². The number of amides is 1. The molecule has 0 radical (unpaired) electrons. The number of anilines is 1. The first kappa shape index (κ1) is 14.8. The molecule has 20 heavy (non-hydrogen) atoms. The molecule has 0 unspecified atom stereocenters. The van der Waals surface area contributed by atoms with E-state index in [0.29, 0.717) is 13.1 Å². The molecule has 0 spiro atoms. The van der Waals surface area contributed by atoms with Crippen LogP contribution in [0.4, 0.5) is 5.82 Å². The van der Waals surface area contributed by atoms with Crippen molar-refractivity contribution in [2.24, 2.45) is 0 Å². The van der Waals surface area contributed by atoms with E-state index in [0.717, 1.165) is 27.7 Å². The van der Waals surface area contributed by atoms with Crippen LogP contribution in [0.1, 0.15) is 13.8 Å². The van der Waals surface area contributed by atoms with Gasteiger partial charge in [0.2, 0.25) is 5.91 Å². The van der Waals surface area contributed by atoms with Crippen LogP contribution in [0.2, 0.25) is 0 Å². The highest BCUT2D eigenvalue weighted by molar-refractivity contribution is 9.10. The lowest BCUT2D eigenvalue weighted by atomic mass is 10.2. The molecular weight excluding hydrogens is 318 g/mol. The summed E-state index contributed by atoms with van der Waals surface area (Å²) in [4.78, 5) is 18.3. The normalized spacial score (nSPS) is 10.6. The molecular formula is C15H18BrN3O. The first-order valence-electron chi connectivity index (χ1n) is 6.72. The Morgan fingerprint density at radius 1 is 1.30 bits per heavy atom. The van der Waals surface area contributed by atoms with Crippen molar-refractivity contribution in [3.63, 3.8) is 0 Å². The first-order valence-corrected chi connectivity index (χ1v) is 7.52. The third-order valence-electron chi connectivity index (χ3n) is 3.07. The highest BCUT2D eigenvalue weighted by Crippen LogP contribution is 2.24. The van der Waals surface area contributed by atoms with Gasteiger partial charge in [0.15, 0.2) is 0 Å². The van der Waals surface area contributed by atoms with Gasteiger partial charge in [-0.15, -0.1) is 0 Å². The van der Waals surface area contributed by atoms with Crippen LogP contribution >= 0.6 is 15.9 Å². The van der Waals surface area contributed by atoms with Crippen LogP contribution in [-0.2, 0) is 4.79 Å². The lowest BCUT2D eigenvalue weighted by Gasteiger charge is -2.21. The summed E-state index contributed by atoms with van der Waals surface area (Å²) >= 11 is 3.52. The second-order valence-electron chi connectivity index (χ2n) is 4.45. The van der Waals surface area contributed by atoms with E-state index in [9.17, 15) is 4.79 Å². The zero-order valence-electron chi connectivity index (χ0n) is 11.7. The maximum absolute atomic E-state index is 11.7. The highest BCUT2D eigenvalue weighted by Gasteiger charge is 2.11. The van der Waals surface area contributed by atoms with Crippen molar-refractivity contribution in [3.05, 3.63) is 34.8 Å². The summed E-state index contributed by atoms with van der Waals surface area (Å²) in [6.45, 7) is 5.64. The number of pyridine rings is 1. The molecule has 106 valence electrons. The minimum atomic E-state index is 0.0170. The van der Waals surface area contributed by atoms with Gasteiger partial charge in [0, 0.05) is 22.9 Å². The van der Waals surface area contributed by atoms with Gasteiger partial charge in [0.05, 0.1) is 12.1 Å². The fourth-order valence-electron chi connectivity index (χ4n) is 2.06. The van der Waals surface area contributed by atoms with E-state index in [1.165, 1.54) is 0 Å². The predicted molar refractivity (Wildman–Crippen MR) is 86.0 cm³/mol. The molecule has 0 bridgehead atoms. The van der Waals surface area contributed by atoms with E-state index in [1.54, 1.807) is 0 Å². The number of benzene rings is 1. The summed E-state index contributed by atoms with van der Waals surface area (Å²) in [7, 11) is 0. The van der Waals surface area contributed by atoms with Gasteiger partial charge in [-0.2, -0.15) is 0 Å². The molecule has 0 aliphatic carbocycles. The zero-order valence-corrected chi connectivity index (χ0v) is 13.3. The van der Waals surface area contributed by atoms with Crippen LogP contribution in [0.5, 0.6) is 0 Å². The number of carbonyl (C=O) groups excluding carboxylic acids is 1. The molecule has 2 aromatic rings. The second kappa shape index (κ2) is 6.70. The van der Waals surface area contributed by atoms with Crippen molar-refractivity contribution >= 4 is 38.6 Å². The number of aromatic nitrogens is 1. The topological polar surface area (TPSA) is 45.2 Å². The second-order valence-corrected chi connectivity index (χ2v) is 5.30. The average molecular weight is 336 g/mol. The Labute approximate surface area is 127 Å². The number of rotatable bonds is 5. The largest absolute Gasteiger partial charge is 0.355 e. The van der Waals surface area contributed by atoms with Gasteiger partial charge in [-0.25, -0.2) is 4.98 Å². The number of nitrogens with one attached hydrogen (secondary N) is 1. The van der Waals surface area contributed by atoms with Gasteiger partial charge in [0.25, 0.3) is 0 Å². The number of fused-ring (bicyclic) bond motifs is 1. The molecule has 1 aromatic heterocycles. The number of para-hydroxylation sites is 1. The third-order valence-corrected chi connectivity index (χ3v) is 3.71. The van der Waals surface area contributed by atoms with E-state index < -0.39 is 0 Å². The van der Waals surface area contributed by atoms with E-state index in [2.05, 4.69) is 26.2 Å². The molecule has 2 rings (SSSR count). The Morgan fingerprint density at radius 2 is 2.10 bits per heavy atom. The molecule has 1 heterocycles. The maximum Gasteiger partial charge on any atom is 0.239 e. The minimum Gasteiger partial charge on any atom is -0.355 e. The van der Waals surface area contributed by atoms with E-state index in [4.69, 9.17) is 0 Å². The highest BCUT2D eigenvalue weighted by atomic mass is 79.9. The molecule has 5 heteroatoms. The SMILES string of the molecule is CCNC(=O)CN(CC)c1ccc2cccc(Br)c2n1. The number of likely N-dealkylation sites (N-methyl/N-ethyl adjacent to an activating group) is 2. The standard InChI is InChI=1S/C15H18BrN3O/c1-3-17-14(20)10-19(4-2)13-9-8-11-6-5-7-12(16)15(11)18-13/h5-9H,3-4,10H2,1-2H3,(H,17,20). The molecule has 0 fully saturated rings. The van der Waals surface area contributed by atoms with Crippen LogP contribution in [0, 0.1) is 0 Å². The monoisotopic (exact) mass is 335 g/mol. The van der Waals surface area contributed by atoms with Crippen LogP contribution in [-0.4, -0.2) is 30.5 Å². The molecule has 1 N–H and O–H groups in total. The number of nitrogens with zero attached hydrogens (tertiary/aromatic N) is 2. The van der Waals surface area contributed by atoms with Crippen molar-refractivity contribution in [2.75, 3.05) is 24.5 Å². The molecule has 0 saturated carbocycles. The minimum absolute atomic E-state index is 0.0170. The summed E-state index contributed by atoms with van der Waals surface area (Å²) in [5.74, 6) is 0.835. The summed E-state index contributed by atoms with van der Waals surface area (Å²) in [5, 5.41) is 3.89. The smallest absolute Gasteiger partial charge is 0.239 e. The van der Waals surface area contributed by atoms with Gasteiger partial charge in [-0.3, -0.25) is 4.79 Å². The van der Waals surface area contributed by atoms with Gasteiger partial charge < -0.3 is 10.2 Å². The van der Waals surface area contributed by atoms with Crippen molar-refractivity contribution in [3.8, 4) is 0 Å². The number of carbonyl (C=O) groups is 1. The quantitative estimate of drug-likeness (QED) is 0.913. The van der Waals surface area contributed by atoms with E-state index in [1.807, 2.05) is 49.1 Å². The summed E-state index contributed by atoms with van der Waals surface area (Å²) in [6.07, 6.45) is 0. The molecule has 1 aromatic carbocycles. The van der Waals surface area contributed by atoms with Crippen LogP contribution < -0.4 is 10.2 Å². The Bertz CT molecular complexity index is 615. The predicted octanol–water partition coefficient (Wildman–Crippen LogP) is 2.96. The van der Waals surface area contributed by atoms with Crippen molar-refractivity contribution in [1.82, 2.24) is 10.3 Å². The summed E-state index contributed by atoms with van der Waals surface area (Å²) in [6, 6.07) is 9.97. The fourth-order valence-corrected chi connectivity index (χ4v) is 2.53. The van der Waals surface area contributed by atoms with E-state index in [-0.39, 0.29) is 5.91 Å². The van der Waals surface area contributed by atoms with Crippen LogP contribution in [0.3, 0.4) is 0 Å². The molecule has 0 atom stereocenters. The fraction of sp³-hybridized carbons (Fsp3) is 0.333. The Kier molecular flexibility index (Phi) is 4.95. The van der Waals surface area contributed by atoms with Gasteiger partial charge >= 0.3 is 0 Å². The van der Waals surface area contributed by atoms with Crippen molar-refractivity contribution in [2.45, 2.75) is 13.8 Å². The third kappa shape index (κ3) is 3.28. The van der Waals surface area contributed by atoms with Crippen molar-refractivity contribution in [1.29, 1.82) is 0 Å².